The maximum Gasteiger partial charge on any atom is 0.260 e. The highest BCUT2D eigenvalue weighted by Gasteiger charge is 2.12. The summed E-state index contributed by atoms with van der Waals surface area (Å²) in [4.78, 5) is 13.9. The van der Waals surface area contributed by atoms with E-state index in [2.05, 4.69) is 6.07 Å². The Morgan fingerprint density at radius 1 is 1.00 bits per heavy atom. The molecule has 0 radical (unpaired) electrons. The van der Waals surface area contributed by atoms with Crippen LogP contribution in [-0.4, -0.2) is 24.5 Å². The summed E-state index contributed by atoms with van der Waals surface area (Å²) in [5, 5.41) is 0. The molecule has 0 saturated heterocycles. The van der Waals surface area contributed by atoms with E-state index in [4.69, 9.17) is 4.74 Å². The van der Waals surface area contributed by atoms with Crippen molar-refractivity contribution in [3.05, 3.63) is 64.7 Å². The summed E-state index contributed by atoms with van der Waals surface area (Å²) >= 11 is 0. The molecule has 116 valence electrons. The molecule has 0 aliphatic heterocycles. The topological polar surface area (TPSA) is 29.5 Å². The fourth-order valence-corrected chi connectivity index (χ4v) is 2.34. The summed E-state index contributed by atoms with van der Waals surface area (Å²) in [6.45, 7) is 6.73. The zero-order valence-electron chi connectivity index (χ0n) is 13.7. The normalized spacial score (nSPS) is 10.4. The lowest BCUT2D eigenvalue weighted by atomic mass is 10.1. The molecule has 0 saturated carbocycles. The molecule has 0 unspecified atom stereocenters. The van der Waals surface area contributed by atoms with Crippen LogP contribution in [0, 0.1) is 20.8 Å². The molecule has 0 heterocycles. The maximum atomic E-state index is 12.2. The maximum absolute atomic E-state index is 12.2. The van der Waals surface area contributed by atoms with E-state index < -0.39 is 0 Å². The first kappa shape index (κ1) is 16.1. The number of nitrogens with zero attached hydrogens (tertiary/aromatic N) is 1. The van der Waals surface area contributed by atoms with E-state index in [-0.39, 0.29) is 12.5 Å². The Morgan fingerprint density at radius 2 is 1.64 bits per heavy atom. The van der Waals surface area contributed by atoms with Gasteiger partial charge in [0.15, 0.2) is 6.61 Å². The van der Waals surface area contributed by atoms with Crippen molar-refractivity contribution in [2.45, 2.75) is 27.3 Å². The van der Waals surface area contributed by atoms with Crippen LogP contribution in [0.1, 0.15) is 22.3 Å². The van der Waals surface area contributed by atoms with E-state index in [0.717, 1.165) is 22.4 Å². The van der Waals surface area contributed by atoms with Crippen molar-refractivity contribution in [1.82, 2.24) is 4.90 Å². The second kappa shape index (κ2) is 7.12. The van der Waals surface area contributed by atoms with Gasteiger partial charge in [0.2, 0.25) is 0 Å². The second-order valence-corrected chi connectivity index (χ2v) is 5.68. The van der Waals surface area contributed by atoms with E-state index in [1.807, 2.05) is 57.2 Å². The molecule has 3 nitrogen and oxygen atoms in total. The molecule has 0 bridgehead atoms. The summed E-state index contributed by atoms with van der Waals surface area (Å²) in [6, 6.07) is 14.0. The summed E-state index contributed by atoms with van der Waals surface area (Å²) in [7, 11) is 1.80. The van der Waals surface area contributed by atoms with Crippen molar-refractivity contribution >= 4 is 5.91 Å². The van der Waals surface area contributed by atoms with Crippen LogP contribution in [-0.2, 0) is 11.3 Å². The average Bonchev–Trinajstić information content (AvgIpc) is 2.52. The molecule has 0 aromatic heterocycles. The number of ether oxygens (including phenoxy) is 1. The van der Waals surface area contributed by atoms with Crippen LogP contribution < -0.4 is 4.74 Å². The van der Waals surface area contributed by atoms with Crippen molar-refractivity contribution in [1.29, 1.82) is 0 Å². The number of likely N-dealkylation sites (N-methyl/N-ethyl adjacent to an activating group) is 1. The Balaban J connectivity index is 1.97. The number of carbonyl (C=O) groups is 1. The first-order chi connectivity index (χ1) is 10.5. The molecule has 0 fully saturated rings. The number of carbonyl (C=O) groups excluding carboxylic acids is 1. The third kappa shape index (κ3) is 3.88. The molecule has 0 aliphatic carbocycles. The van der Waals surface area contributed by atoms with E-state index in [0.29, 0.717) is 6.54 Å². The van der Waals surface area contributed by atoms with Gasteiger partial charge >= 0.3 is 0 Å². The third-order valence-corrected chi connectivity index (χ3v) is 3.90. The smallest absolute Gasteiger partial charge is 0.260 e. The van der Waals surface area contributed by atoms with Crippen LogP contribution in [0.4, 0.5) is 0 Å². The quantitative estimate of drug-likeness (QED) is 0.843. The summed E-state index contributed by atoms with van der Waals surface area (Å²) in [5.41, 5.74) is 4.44. The van der Waals surface area contributed by atoms with Crippen LogP contribution in [0.2, 0.25) is 0 Å². The molecule has 22 heavy (non-hydrogen) atoms. The second-order valence-electron chi connectivity index (χ2n) is 5.68. The average molecular weight is 297 g/mol. The van der Waals surface area contributed by atoms with Crippen molar-refractivity contribution in [2.75, 3.05) is 13.7 Å². The largest absolute Gasteiger partial charge is 0.483 e. The van der Waals surface area contributed by atoms with Gasteiger partial charge in [0, 0.05) is 13.6 Å². The Morgan fingerprint density at radius 3 is 2.32 bits per heavy atom. The Kier molecular flexibility index (Phi) is 5.21. The molecular weight excluding hydrogens is 274 g/mol. The number of rotatable bonds is 5. The lowest BCUT2D eigenvalue weighted by Gasteiger charge is -2.19. The van der Waals surface area contributed by atoms with Crippen LogP contribution >= 0.6 is 0 Å². The van der Waals surface area contributed by atoms with Crippen molar-refractivity contribution in [2.24, 2.45) is 0 Å². The first-order valence-corrected chi connectivity index (χ1v) is 7.46. The number of amides is 1. The van der Waals surface area contributed by atoms with E-state index in [1.165, 1.54) is 5.56 Å². The molecule has 2 aromatic carbocycles. The van der Waals surface area contributed by atoms with Gasteiger partial charge in [-0.15, -0.1) is 0 Å². The number of hydrogen-bond acceptors (Lipinski definition) is 2. The SMILES string of the molecule is Cc1ccc(C)c(OCC(=O)N(C)Cc2ccccc2)c1C. The zero-order chi connectivity index (χ0) is 16.1. The van der Waals surface area contributed by atoms with Gasteiger partial charge in [0.1, 0.15) is 5.75 Å². The summed E-state index contributed by atoms with van der Waals surface area (Å²) < 4.78 is 5.78. The van der Waals surface area contributed by atoms with Gasteiger partial charge < -0.3 is 9.64 Å². The molecular formula is C19H23NO2. The number of benzene rings is 2. The van der Waals surface area contributed by atoms with Gasteiger partial charge in [-0.2, -0.15) is 0 Å². The fraction of sp³-hybridized carbons (Fsp3) is 0.316. The molecule has 1 amide bonds. The van der Waals surface area contributed by atoms with E-state index >= 15 is 0 Å². The van der Waals surface area contributed by atoms with Crippen LogP contribution in [0.25, 0.3) is 0 Å². The molecule has 0 N–H and O–H groups in total. The molecule has 3 heteroatoms. The summed E-state index contributed by atoms with van der Waals surface area (Å²) in [5.74, 6) is 0.797. The Bertz CT molecular complexity index is 650. The summed E-state index contributed by atoms with van der Waals surface area (Å²) in [6.07, 6.45) is 0. The van der Waals surface area contributed by atoms with Gasteiger partial charge in [-0.25, -0.2) is 0 Å². The standard InChI is InChI=1S/C19H23NO2/c1-14-10-11-15(2)19(16(14)3)22-13-18(21)20(4)12-17-8-6-5-7-9-17/h5-11H,12-13H2,1-4H3. The molecule has 0 aliphatic rings. The lowest BCUT2D eigenvalue weighted by molar-refractivity contribution is -0.132. The van der Waals surface area contributed by atoms with Gasteiger partial charge in [-0.3, -0.25) is 4.79 Å². The number of aryl methyl sites for hydroxylation is 2. The van der Waals surface area contributed by atoms with Gasteiger partial charge in [-0.05, 0) is 43.0 Å². The molecule has 2 rings (SSSR count). The Hall–Kier alpha value is -2.29. The predicted molar refractivity (Wildman–Crippen MR) is 89.1 cm³/mol. The lowest BCUT2D eigenvalue weighted by Crippen LogP contribution is -2.31. The Labute approximate surface area is 132 Å². The minimum atomic E-state index is -0.0239. The highest BCUT2D eigenvalue weighted by atomic mass is 16.5. The highest BCUT2D eigenvalue weighted by molar-refractivity contribution is 5.77. The fourth-order valence-electron chi connectivity index (χ4n) is 2.34. The van der Waals surface area contributed by atoms with Gasteiger partial charge in [-0.1, -0.05) is 42.5 Å². The van der Waals surface area contributed by atoms with Crippen LogP contribution in [0.3, 0.4) is 0 Å². The zero-order valence-corrected chi connectivity index (χ0v) is 13.7. The minimum Gasteiger partial charge on any atom is -0.483 e. The monoisotopic (exact) mass is 297 g/mol. The van der Waals surface area contributed by atoms with Gasteiger partial charge in [0.25, 0.3) is 5.91 Å². The van der Waals surface area contributed by atoms with Crippen molar-refractivity contribution < 1.29 is 9.53 Å². The van der Waals surface area contributed by atoms with Crippen molar-refractivity contribution in [3.8, 4) is 5.75 Å². The van der Waals surface area contributed by atoms with Gasteiger partial charge in [0.05, 0.1) is 0 Å². The molecule has 2 aromatic rings. The number of hydrogen-bond donors (Lipinski definition) is 0. The molecule has 0 atom stereocenters. The predicted octanol–water partition coefficient (Wildman–Crippen LogP) is 3.65. The first-order valence-electron chi connectivity index (χ1n) is 7.46. The highest BCUT2D eigenvalue weighted by Crippen LogP contribution is 2.25. The minimum absolute atomic E-state index is 0.0239. The van der Waals surface area contributed by atoms with Crippen molar-refractivity contribution in [3.63, 3.8) is 0 Å². The van der Waals surface area contributed by atoms with Crippen LogP contribution in [0.15, 0.2) is 42.5 Å². The van der Waals surface area contributed by atoms with Crippen LogP contribution in [0.5, 0.6) is 5.75 Å². The third-order valence-electron chi connectivity index (χ3n) is 3.90. The molecule has 0 spiro atoms. The van der Waals surface area contributed by atoms with E-state index in [9.17, 15) is 4.79 Å². The van der Waals surface area contributed by atoms with E-state index in [1.54, 1.807) is 11.9 Å².